The Morgan fingerprint density at radius 3 is 2.08 bits per heavy atom. The van der Waals surface area contributed by atoms with Crippen LogP contribution in [0.3, 0.4) is 0 Å². The maximum atomic E-state index is 11.9. The third-order valence-corrected chi connectivity index (χ3v) is 3.24. The van der Waals surface area contributed by atoms with E-state index in [1.807, 2.05) is 33.3 Å². The Morgan fingerprint density at radius 2 is 1.56 bits per heavy atom. The van der Waals surface area contributed by atoms with Crippen LogP contribution in [0.5, 0.6) is 0 Å². The Balaban J connectivity index is 4.08. The van der Waals surface area contributed by atoms with E-state index in [4.69, 9.17) is 4.74 Å². The number of aliphatic carboxylic acids is 1. The topological polar surface area (TPSA) is 66.4 Å². The molecule has 25 heavy (non-hydrogen) atoms. The Bertz CT molecular complexity index is 473. The summed E-state index contributed by atoms with van der Waals surface area (Å²) in [5.41, 5.74) is 0. The second kappa shape index (κ2) is 13.4. The molecule has 0 N–H and O–H groups in total. The van der Waals surface area contributed by atoms with Crippen LogP contribution in [0.25, 0.3) is 0 Å². The Labute approximate surface area is 152 Å². The molecule has 0 aromatic rings. The molecule has 0 amide bonds. The van der Waals surface area contributed by atoms with Gasteiger partial charge in [-0.3, -0.25) is 4.79 Å². The summed E-state index contributed by atoms with van der Waals surface area (Å²) in [7, 11) is 5.76. The van der Waals surface area contributed by atoms with Gasteiger partial charge in [0.15, 0.2) is 6.10 Å². The number of esters is 1. The monoisotopic (exact) mass is 351 g/mol. The summed E-state index contributed by atoms with van der Waals surface area (Å²) in [4.78, 5) is 22.6. The molecule has 0 aliphatic rings. The minimum absolute atomic E-state index is 0.250. The molecule has 0 rings (SSSR count). The van der Waals surface area contributed by atoms with Crippen molar-refractivity contribution in [2.75, 3.05) is 27.7 Å². The van der Waals surface area contributed by atoms with Crippen LogP contribution in [-0.2, 0) is 14.3 Å². The van der Waals surface area contributed by atoms with E-state index in [0.717, 1.165) is 19.3 Å². The molecule has 0 saturated heterocycles. The predicted octanol–water partition coefficient (Wildman–Crippen LogP) is 2.38. The number of carboxylic acid groups (broad SMARTS) is 1. The first-order chi connectivity index (χ1) is 11.7. The van der Waals surface area contributed by atoms with E-state index in [1.165, 1.54) is 0 Å². The van der Waals surface area contributed by atoms with Gasteiger partial charge in [-0.2, -0.15) is 0 Å². The zero-order valence-corrected chi connectivity index (χ0v) is 16.1. The SMILES string of the molecule is CC/C=C/C/C=C/C/C=C/CCC(=O)OC(CC(=O)[O-])C[N+](C)(C)C. The van der Waals surface area contributed by atoms with E-state index in [9.17, 15) is 14.7 Å². The fourth-order valence-electron chi connectivity index (χ4n) is 2.21. The summed E-state index contributed by atoms with van der Waals surface area (Å²) in [5.74, 6) is -1.57. The molecule has 0 aliphatic heterocycles. The number of nitrogens with zero attached hydrogens (tertiary/aromatic N) is 1. The van der Waals surface area contributed by atoms with Crippen LogP contribution in [0.1, 0.15) is 45.4 Å². The maximum Gasteiger partial charge on any atom is 0.306 e. The predicted molar refractivity (Wildman–Crippen MR) is 98.6 cm³/mol. The highest BCUT2D eigenvalue weighted by molar-refractivity contribution is 5.71. The molecule has 0 spiro atoms. The second-order valence-corrected chi connectivity index (χ2v) is 6.99. The van der Waals surface area contributed by atoms with E-state index >= 15 is 0 Å². The van der Waals surface area contributed by atoms with Gasteiger partial charge in [0.25, 0.3) is 0 Å². The van der Waals surface area contributed by atoms with Gasteiger partial charge in [-0.1, -0.05) is 43.4 Å². The molecule has 1 unspecified atom stereocenters. The molecule has 0 fully saturated rings. The lowest BCUT2D eigenvalue weighted by Gasteiger charge is -2.29. The average Bonchev–Trinajstić information content (AvgIpc) is 2.46. The van der Waals surface area contributed by atoms with Crippen molar-refractivity contribution in [2.24, 2.45) is 0 Å². The number of hydrogen-bond acceptors (Lipinski definition) is 4. The third kappa shape index (κ3) is 16.8. The van der Waals surface area contributed by atoms with Crippen molar-refractivity contribution in [3.63, 3.8) is 0 Å². The molecule has 0 aliphatic carbocycles. The van der Waals surface area contributed by atoms with Gasteiger partial charge in [0, 0.05) is 18.8 Å². The van der Waals surface area contributed by atoms with Gasteiger partial charge in [0.1, 0.15) is 6.54 Å². The van der Waals surface area contributed by atoms with Crippen molar-refractivity contribution in [3.8, 4) is 0 Å². The van der Waals surface area contributed by atoms with Crippen LogP contribution in [0, 0.1) is 0 Å². The van der Waals surface area contributed by atoms with Gasteiger partial charge in [-0.05, 0) is 25.7 Å². The number of likely N-dealkylation sites (N-methyl/N-ethyl adjacent to an activating group) is 1. The van der Waals surface area contributed by atoms with Gasteiger partial charge in [-0.25, -0.2) is 0 Å². The van der Waals surface area contributed by atoms with E-state index in [-0.39, 0.29) is 18.8 Å². The van der Waals surface area contributed by atoms with Crippen LogP contribution in [0.2, 0.25) is 0 Å². The van der Waals surface area contributed by atoms with Crippen LogP contribution in [0.15, 0.2) is 36.5 Å². The highest BCUT2D eigenvalue weighted by Gasteiger charge is 2.22. The lowest BCUT2D eigenvalue weighted by atomic mass is 10.2. The summed E-state index contributed by atoms with van der Waals surface area (Å²) in [5, 5.41) is 10.8. The highest BCUT2D eigenvalue weighted by Crippen LogP contribution is 2.07. The van der Waals surface area contributed by atoms with E-state index < -0.39 is 12.1 Å². The Kier molecular flexibility index (Phi) is 12.4. The Hall–Kier alpha value is -1.88. The quantitative estimate of drug-likeness (QED) is 0.290. The maximum absolute atomic E-state index is 11.9. The smallest absolute Gasteiger partial charge is 0.306 e. The molecular weight excluding hydrogens is 318 g/mol. The van der Waals surface area contributed by atoms with Gasteiger partial charge in [0.2, 0.25) is 0 Å². The summed E-state index contributed by atoms with van der Waals surface area (Å²) in [6.45, 7) is 2.55. The van der Waals surface area contributed by atoms with Crippen molar-refractivity contribution in [3.05, 3.63) is 36.5 Å². The normalized spacial score (nSPS) is 13.8. The average molecular weight is 351 g/mol. The number of carbonyl (C=O) groups is 2. The first-order valence-electron chi connectivity index (χ1n) is 8.89. The van der Waals surface area contributed by atoms with Crippen molar-refractivity contribution >= 4 is 11.9 Å². The molecule has 0 radical (unpaired) electrons. The molecule has 0 aromatic heterocycles. The van der Waals surface area contributed by atoms with Gasteiger partial charge in [0.05, 0.1) is 21.1 Å². The number of carbonyl (C=O) groups excluding carboxylic acids is 2. The first-order valence-corrected chi connectivity index (χ1v) is 8.89. The largest absolute Gasteiger partial charge is 0.550 e. The van der Waals surface area contributed by atoms with E-state index in [1.54, 1.807) is 0 Å². The van der Waals surface area contributed by atoms with Crippen molar-refractivity contribution in [2.45, 2.75) is 51.6 Å². The number of carboxylic acids is 1. The zero-order valence-electron chi connectivity index (χ0n) is 16.1. The summed E-state index contributed by atoms with van der Waals surface area (Å²) in [6.07, 6.45) is 15.2. The molecule has 142 valence electrons. The number of ether oxygens (including phenoxy) is 1. The first kappa shape index (κ1) is 23.1. The van der Waals surface area contributed by atoms with Crippen LogP contribution in [0.4, 0.5) is 0 Å². The van der Waals surface area contributed by atoms with Crippen LogP contribution < -0.4 is 5.11 Å². The number of hydrogen-bond donors (Lipinski definition) is 0. The van der Waals surface area contributed by atoms with Crippen LogP contribution in [-0.4, -0.2) is 50.2 Å². The number of quaternary nitrogens is 1. The van der Waals surface area contributed by atoms with Crippen molar-refractivity contribution < 1.29 is 23.9 Å². The third-order valence-electron chi connectivity index (χ3n) is 3.24. The van der Waals surface area contributed by atoms with Gasteiger partial charge < -0.3 is 19.1 Å². The fraction of sp³-hybridized carbons (Fsp3) is 0.600. The summed E-state index contributed by atoms with van der Waals surface area (Å²) < 4.78 is 5.81. The molecule has 0 bridgehead atoms. The second-order valence-electron chi connectivity index (χ2n) is 6.99. The van der Waals surface area contributed by atoms with Crippen LogP contribution >= 0.6 is 0 Å². The molecule has 5 nitrogen and oxygen atoms in total. The fourth-order valence-corrected chi connectivity index (χ4v) is 2.21. The van der Waals surface area contributed by atoms with E-state index in [0.29, 0.717) is 17.4 Å². The minimum atomic E-state index is -1.20. The van der Waals surface area contributed by atoms with E-state index in [2.05, 4.69) is 31.2 Å². The minimum Gasteiger partial charge on any atom is -0.550 e. The molecule has 0 heterocycles. The molecule has 0 aromatic carbocycles. The molecule has 5 heteroatoms. The van der Waals surface area contributed by atoms with Gasteiger partial charge in [-0.15, -0.1) is 0 Å². The zero-order chi connectivity index (χ0) is 19.1. The van der Waals surface area contributed by atoms with Gasteiger partial charge >= 0.3 is 5.97 Å². The number of allylic oxidation sites excluding steroid dienone is 6. The molecule has 0 saturated carbocycles. The van der Waals surface area contributed by atoms with Crippen molar-refractivity contribution in [1.82, 2.24) is 0 Å². The summed E-state index contributed by atoms with van der Waals surface area (Å²) >= 11 is 0. The standard InChI is InChI=1S/C20H33NO4/c1-5-6-7-8-9-10-11-12-13-14-15-20(24)25-18(16-19(22)23)17-21(2,3)4/h6-7,9-10,12-13,18H,5,8,11,14-17H2,1-4H3/b7-6+,10-9+,13-12+. The summed E-state index contributed by atoms with van der Waals surface area (Å²) in [6, 6.07) is 0. The lowest BCUT2D eigenvalue weighted by Crippen LogP contribution is -2.45. The number of rotatable bonds is 13. The molecule has 1 atom stereocenters. The van der Waals surface area contributed by atoms with Crippen molar-refractivity contribution in [1.29, 1.82) is 0 Å². The Morgan fingerprint density at radius 1 is 1.00 bits per heavy atom. The lowest BCUT2D eigenvalue weighted by molar-refractivity contribution is -0.873. The highest BCUT2D eigenvalue weighted by atomic mass is 16.5. The molecular formula is C20H33NO4.